The highest BCUT2D eigenvalue weighted by molar-refractivity contribution is 7.71. The van der Waals surface area contributed by atoms with E-state index in [0.29, 0.717) is 40.7 Å². The molecule has 0 aliphatic heterocycles. The van der Waals surface area contributed by atoms with Crippen molar-refractivity contribution in [3.05, 3.63) is 111 Å². The SMILES string of the molecule is O=C(NCc1ccccc1)c1ccc2c(=O)n(CCc3ccccc3)c(=S)[nH]c2c1. The molecule has 30 heavy (non-hydrogen) atoms. The number of rotatable bonds is 6. The molecule has 0 bridgehead atoms. The Kier molecular flexibility index (Phi) is 5.86. The van der Waals surface area contributed by atoms with Gasteiger partial charge in [-0.25, -0.2) is 0 Å². The van der Waals surface area contributed by atoms with Gasteiger partial charge in [0.05, 0.1) is 10.9 Å². The third kappa shape index (κ3) is 4.39. The zero-order valence-electron chi connectivity index (χ0n) is 16.3. The van der Waals surface area contributed by atoms with Crippen LogP contribution in [0.1, 0.15) is 21.5 Å². The van der Waals surface area contributed by atoms with E-state index in [9.17, 15) is 9.59 Å². The summed E-state index contributed by atoms with van der Waals surface area (Å²) in [6.45, 7) is 0.933. The van der Waals surface area contributed by atoms with Crippen LogP contribution in [-0.2, 0) is 19.5 Å². The van der Waals surface area contributed by atoms with Crippen molar-refractivity contribution in [1.82, 2.24) is 14.9 Å². The van der Waals surface area contributed by atoms with E-state index >= 15 is 0 Å². The van der Waals surface area contributed by atoms with Gasteiger partial charge in [0.25, 0.3) is 11.5 Å². The first-order chi connectivity index (χ1) is 14.6. The second kappa shape index (κ2) is 8.88. The van der Waals surface area contributed by atoms with Crippen molar-refractivity contribution < 1.29 is 4.79 Å². The van der Waals surface area contributed by atoms with Crippen LogP contribution in [0.3, 0.4) is 0 Å². The Morgan fingerprint density at radius 1 is 0.933 bits per heavy atom. The van der Waals surface area contributed by atoms with E-state index in [1.54, 1.807) is 22.8 Å². The standard InChI is InChI=1S/C24H21N3O2S/c28-22(25-16-18-9-5-2-6-10-18)19-11-12-20-21(15-19)26-24(30)27(23(20)29)14-13-17-7-3-1-4-8-17/h1-12,15H,13-14,16H2,(H,25,28)(H,26,30). The number of hydrogen-bond donors (Lipinski definition) is 2. The lowest BCUT2D eigenvalue weighted by molar-refractivity contribution is 0.0951. The average Bonchev–Trinajstić information content (AvgIpc) is 2.78. The normalized spacial score (nSPS) is 10.8. The third-order valence-corrected chi connectivity index (χ3v) is 5.33. The molecule has 0 radical (unpaired) electrons. The lowest BCUT2D eigenvalue weighted by Gasteiger charge is -2.10. The summed E-state index contributed by atoms with van der Waals surface area (Å²) in [6.07, 6.45) is 0.712. The van der Waals surface area contributed by atoms with Gasteiger partial charge >= 0.3 is 0 Å². The van der Waals surface area contributed by atoms with Gasteiger partial charge in [0.1, 0.15) is 0 Å². The minimum atomic E-state index is -0.201. The van der Waals surface area contributed by atoms with E-state index in [1.807, 2.05) is 60.7 Å². The molecule has 0 aliphatic carbocycles. The molecule has 0 saturated carbocycles. The predicted molar refractivity (Wildman–Crippen MR) is 121 cm³/mol. The molecule has 0 saturated heterocycles. The number of benzene rings is 3. The molecule has 0 unspecified atom stereocenters. The van der Waals surface area contributed by atoms with Crippen LogP contribution in [-0.4, -0.2) is 15.5 Å². The van der Waals surface area contributed by atoms with Gasteiger partial charge in [0.2, 0.25) is 0 Å². The maximum Gasteiger partial charge on any atom is 0.262 e. The lowest BCUT2D eigenvalue weighted by atomic mass is 10.1. The van der Waals surface area contributed by atoms with Crippen LogP contribution in [0, 0.1) is 4.77 Å². The largest absolute Gasteiger partial charge is 0.348 e. The summed E-state index contributed by atoms with van der Waals surface area (Å²) in [5.74, 6) is -0.201. The number of nitrogens with one attached hydrogen (secondary N) is 2. The van der Waals surface area contributed by atoms with Crippen molar-refractivity contribution in [3.8, 4) is 0 Å². The van der Waals surface area contributed by atoms with Crippen LogP contribution in [0.5, 0.6) is 0 Å². The number of aromatic nitrogens is 2. The van der Waals surface area contributed by atoms with Crippen molar-refractivity contribution in [3.63, 3.8) is 0 Å². The van der Waals surface area contributed by atoms with E-state index in [1.165, 1.54) is 0 Å². The number of carbonyl (C=O) groups is 1. The summed E-state index contributed by atoms with van der Waals surface area (Å²) < 4.78 is 1.92. The number of aromatic amines is 1. The number of aryl methyl sites for hydroxylation is 1. The molecule has 150 valence electrons. The van der Waals surface area contributed by atoms with E-state index in [0.717, 1.165) is 11.1 Å². The average molecular weight is 416 g/mol. The van der Waals surface area contributed by atoms with Crippen molar-refractivity contribution in [1.29, 1.82) is 0 Å². The Bertz CT molecular complexity index is 1300. The Balaban J connectivity index is 1.55. The number of fused-ring (bicyclic) bond motifs is 1. The van der Waals surface area contributed by atoms with Crippen LogP contribution in [0.4, 0.5) is 0 Å². The summed E-state index contributed by atoms with van der Waals surface area (Å²) in [7, 11) is 0. The van der Waals surface area contributed by atoms with Crippen molar-refractivity contribution in [2.75, 3.05) is 0 Å². The molecule has 2 N–H and O–H groups in total. The molecule has 4 rings (SSSR count). The van der Waals surface area contributed by atoms with Crippen LogP contribution in [0.2, 0.25) is 0 Å². The quantitative estimate of drug-likeness (QED) is 0.463. The van der Waals surface area contributed by atoms with Crippen LogP contribution >= 0.6 is 12.2 Å². The highest BCUT2D eigenvalue weighted by Crippen LogP contribution is 2.12. The smallest absolute Gasteiger partial charge is 0.262 e. The van der Waals surface area contributed by atoms with Gasteiger partial charge in [-0.15, -0.1) is 0 Å². The van der Waals surface area contributed by atoms with Crippen LogP contribution < -0.4 is 10.9 Å². The van der Waals surface area contributed by atoms with Gasteiger partial charge in [-0.1, -0.05) is 60.7 Å². The number of hydrogen-bond acceptors (Lipinski definition) is 3. The molecule has 1 heterocycles. The number of nitrogens with zero attached hydrogens (tertiary/aromatic N) is 1. The second-order valence-corrected chi connectivity index (χ2v) is 7.44. The summed E-state index contributed by atoms with van der Waals surface area (Å²) in [4.78, 5) is 28.6. The van der Waals surface area contributed by atoms with Crippen molar-refractivity contribution in [2.24, 2.45) is 0 Å². The molecular weight excluding hydrogens is 394 g/mol. The van der Waals surface area contributed by atoms with Gasteiger partial charge in [-0.3, -0.25) is 14.2 Å². The molecule has 1 aromatic heterocycles. The van der Waals surface area contributed by atoms with Gasteiger partial charge in [0.15, 0.2) is 4.77 Å². The molecular formula is C24H21N3O2S. The molecule has 6 heteroatoms. The summed E-state index contributed by atoms with van der Waals surface area (Å²) in [5, 5.41) is 3.41. The summed E-state index contributed by atoms with van der Waals surface area (Å²) in [6, 6.07) is 24.7. The third-order valence-electron chi connectivity index (χ3n) is 5.01. The van der Waals surface area contributed by atoms with Crippen molar-refractivity contribution in [2.45, 2.75) is 19.5 Å². The predicted octanol–water partition coefficient (Wildman–Crippen LogP) is 4.23. The fraction of sp³-hybridized carbons (Fsp3) is 0.125. The second-order valence-electron chi connectivity index (χ2n) is 7.05. The topological polar surface area (TPSA) is 66.9 Å². The van der Waals surface area contributed by atoms with Gasteiger partial charge in [0, 0.05) is 18.7 Å². The first-order valence-electron chi connectivity index (χ1n) is 9.75. The molecule has 0 spiro atoms. The van der Waals surface area contributed by atoms with E-state index in [4.69, 9.17) is 12.2 Å². The van der Waals surface area contributed by atoms with Gasteiger partial charge in [-0.05, 0) is 48.0 Å². The lowest BCUT2D eigenvalue weighted by Crippen LogP contribution is -2.25. The maximum atomic E-state index is 12.9. The Hall–Kier alpha value is -3.51. The first kappa shape index (κ1) is 19.8. The molecule has 0 aliphatic rings. The summed E-state index contributed by atoms with van der Waals surface area (Å²) >= 11 is 5.41. The monoisotopic (exact) mass is 415 g/mol. The number of amides is 1. The minimum Gasteiger partial charge on any atom is -0.348 e. The summed E-state index contributed by atoms with van der Waals surface area (Å²) in [5.41, 5.74) is 3.05. The molecule has 0 fully saturated rings. The zero-order valence-corrected chi connectivity index (χ0v) is 17.1. The molecule has 4 aromatic rings. The highest BCUT2D eigenvalue weighted by Gasteiger charge is 2.10. The van der Waals surface area contributed by atoms with Crippen molar-refractivity contribution >= 4 is 29.0 Å². The van der Waals surface area contributed by atoms with Gasteiger partial charge < -0.3 is 10.3 Å². The minimum absolute atomic E-state index is 0.152. The van der Waals surface area contributed by atoms with E-state index in [2.05, 4.69) is 10.3 Å². The number of H-pyrrole nitrogens is 1. The van der Waals surface area contributed by atoms with E-state index < -0.39 is 0 Å². The van der Waals surface area contributed by atoms with Crippen LogP contribution in [0.25, 0.3) is 10.9 Å². The highest BCUT2D eigenvalue weighted by atomic mass is 32.1. The fourth-order valence-electron chi connectivity index (χ4n) is 3.36. The van der Waals surface area contributed by atoms with Crippen LogP contribution in [0.15, 0.2) is 83.7 Å². The molecule has 3 aromatic carbocycles. The molecule has 1 amide bonds. The fourth-order valence-corrected chi connectivity index (χ4v) is 3.65. The molecule has 5 nitrogen and oxygen atoms in total. The Morgan fingerprint density at radius 2 is 1.60 bits per heavy atom. The Morgan fingerprint density at radius 3 is 2.30 bits per heavy atom. The number of carbonyl (C=O) groups excluding carboxylic acids is 1. The first-order valence-corrected chi connectivity index (χ1v) is 10.2. The maximum absolute atomic E-state index is 12.9. The Labute approximate surface area is 179 Å². The zero-order chi connectivity index (χ0) is 20.9. The molecule has 0 atom stereocenters. The van der Waals surface area contributed by atoms with Gasteiger partial charge in [-0.2, -0.15) is 0 Å². The van der Waals surface area contributed by atoms with E-state index in [-0.39, 0.29) is 11.5 Å².